The largest absolute Gasteiger partial charge is 0.501 e. The second-order valence-corrected chi connectivity index (χ2v) is 12.2. The molecule has 0 aliphatic rings. The van der Waals surface area contributed by atoms with E-state index in [0.717, 1.165) is 24.3 Å². The van der Waals surface area contributed by atoms with Crippen molar-refractivity contribution in [3.05, 3.63) is 89.5 Å². The molecule has 40 heavy (non-hydrogen) atoms. The fourth-order valence-corrected chi connectivity index (χ4v) is 5.23. The lowest BCUT2D eigenvalue weighted by atomic mass is 9.90. The van der Waals surface area contributed by atoms with Gasteiger partial charge in [-0.05, 0) is 47.0 Å². The Morgan fingerprint density at radius 1 is 0.725 bits per heavy atom. The van der Waals surface area contributed by atoms with E-state index in [0.29, 0.717) is 17.7 Å². The Hall–Kier alpha value is -3.92. The summed E-state index contributed by atoms with van der Waals surface area (Å²) in [6.07, 6.45) is -0.336. The summed E-state index contributed by atoms with van der Waals surface area (Å²) < 4.78 is 124. The zero-order valence-corrected chi connectivity index (χ0v) is 21.5. The third kappa shape index (κ3) is 6.44. The van der Waals surface area contributed by atoms with Gasteiger partial charge in [-0.25, -0.2) is 16.8 Å². The minimum absolute atomic E-state index is 0.128. The topological polar surface area (TPSA) is 140 Å². The van der Waals surface area contributed by atoms with Gasteiger partial charge < -0.3 is 11.1 Å². The van der Waals surface area contributed by atoms with Gasteiger partial charge in [-0.3, -0.25) is 9.59 Å². The molecule has 3 aromatic carbocycles. The Balaban J connectivity index is 1.80. The number of nitrogens with two attached hydrogens (primary N) is 1. The normalized spacial score (nSPS) is 13.4. The monoisotopic (exact) mass is 608 g/mol. The molecule has 0 radical (unpaired) electrons. The van der Waals surface area contributed by atoms with Gasteiger partial charge in [0.2, 0.25) is 11.8 Å². The zero-order chi connectivity index (χ0) is 30.1. The molecule has 2 amide bonds. The fourth-order valence-electron chi connectivity index (χ4n) is 3.61. The summed E-state index contributed by atoms with van der Waals surface area (Å²) in [5.41, 5.74) is -5.51. The smallest absolute Gasteiger partial charge is 0.369 e. The molecule has 3 rings (SSSR count). The number of amides is 2. The molecule has 214 valence electrons. The molecular weight excluding hydrogens is 590 g/mol. The van der Waals surface area contributed by atoms with E-state index in [1.54, 1.807) is 0 Å². The van der Waals surface area contributed by atoms with Gasteiger partial charge in [-0.1, -0.05) is 42.5 Å². The Kier molecular flexibility index (Phi) is 8.36. The number of rotatable bonds is 8. The molecule has 8 nitrogen and oxygen atoms in total. The Morgan fingerprint density at radius 3 is 1.73 bits per heavy atom. The van der Waals surface area contributed by atoms with Gasteiger partial charge in [0.25, 0.3) is 19.7 Å². The molecule has 0 fully saturated rings. The van der Waals surface area contributed by atoms with Gasteiger partial charge in [0, 0.05) is 5.69 Å². The van der Waals surface area contributed by atoms with E-state index in [-0.39, 0.29) is 23.2 Å². The number of hydrogen-bond acceptors (Lipinski definition) is 6. The highest BCUT2D eigenvalue weighted by atomic mass is 32.2. The molecule has 3 N–H and O–H groups in total. The number of primary amides is 1. The minimum atomic E-state index is -5.69. The molecule has 1 atom stereocenters. The zero-order valence-electron chi connectivity index (χ0n) is 19.8. The minimum Gasteiger partial charge on any atom is -0.369 e. The Labute approximate surface area is 223 Å². The first-order valence-electron chi connectivity index (χ1n) is 10.9. The van der Waals surface area contributed by atoms with Crippen LogP contribution in [0, 0.1) is 0 Å². The van der Waals surface area contributed by atoms with Crippen molar-refractivity contribution in [1.82, 2.24) is 0 Å². The number of halogens is 6. The maximum Gasteiger partial charge on any atom is 0.501 e. The standard InChI is InChI=1S/C24H18F6N2O6S2/c25-23(26,27)39(35,36)18-5-1-3-16(12-18)21(22(31)34)15-9-7-14(8-10-15)11-20(33)32-17-4-2-6-19(13-17)40(37,38)24(28,29)30/h1-10,12-13,21H,11H2,(H2,31,34)(H,32,33). The van der Waals surface area contributed by atoms with Crippen LogP contribution in [0.4, 0.5) is 32.0 Å². The van der Waals surface area contributed by atoms with Crippen LogP contribution in [-0.2, 0) is 35.7 Å². The Bertz CT molecular complexity index is 1650. The van der Waals surface area contributed by atoms with Gasteiger partial charge in [0.15, 0.2) is 0 Å². The summed E-state index contributed by atoms with van der Waals surface area (Å²) in [7, 11) is -11.3. The third-order valence-corrected chi connectivity index (χ3v) is 8.47. The maximum absolute atomic E-state index is 13.0. The molecule has 3 aromatic rings. The SMILES string of the molecule is NC(=O)C(c1ccc(CC(=O)Nc2cccc(S(=O)(=O)C(F)(F)F)c2)cc1)c1cccc(S(=O)(=O)C(F)(F)F)c1. The van der Waals surface area contributed by atoms with Crippen molar-refractivity contribution >= 4 is 37.2 Å². The summed E-state index contributed by atoms with van der Waals surface area (Å²) >= 11 is 0. The molecule has 0 aliphatic heterocycles. The second-order valence-electron chi connectivity index (χ2n) is 8.30. The van der Waals surface area contributed by atoms with Crippen molar-refractivity contribution in [3.8, 4) is 0 Å². The van der Waals surface area contributed by atoms with E-state index in [2.05, 4.69) is 5.32 Å². The highest BCUT2D eigenvalue weighted by Crippen LogP contribution is 2.34. The maximum atomic E-state index is 13.0. The van der Waals surface area contributed by atoms with Crippen LogP contribution in [0.3, 0.4) is 0 Å². The van der Waals surface area contributed by atoms with E-state index in [4.69, 9.17) is 5.73 Å². The van der Waals surface area contributed by atoms with Crippen molar-refractivity contribution < 1.29 is 52.8 Å². The van der Waals surface area contributed by atoms with Crippen LogP contribution in [0.2, 0.25) is 0 Å². The van der Waals surface area contributed by atoms with E-state index in [1.165, 1.54) is 36.4 Å². The van der Waals surface area contributed by atoms with E-state index in [1.807, 2.05) is 0 Å². The number of nitrogens with one attached hydrogen (secondary N) is 1. The first-order chi connectivity index (χ1) is 18.3. The number of anilines is 1. The van der Waals surface area contributed by atoms with Crippen LogP contribution in [-0.4, -0.2) is 39.7 Å². The predicted octanol–water partition coefficient (Wildman–Crippen LogP) is 4.07. The Morgan fingerprint density at radius 2 is 1.23 bits per heavy atom. The number of carbonyl (C=O) groups excluding carboxylic acids is 2. The van der Waals surface area contributed by atoms with Gasteiger partial charge in [-0.2, -0.15) is 26.3 Å². The average molecular weight is 609 g/mol. The summed E-state index contributed by atoms with van der Waals surface area (Å²) in [6.45, 7) is 0. The van der Waals surface area contributed by atoms with Gasteiger partial charge in [0.1, 0.15) is 0 Å². The number of sulfone groups is 2. The summed E-state index contributed by atoms with van der Waals surface area (Å²) in [4.78, 5) is 22.4. The van der Waals surface area contributed by atoms with Crippen LogP contribution in [0.15, 0.2) is 82.6 Å². The first-order valence-corrected chi connectivity index (χ1v) is 13.8. The highest BCUT2D eigenvalue weighted by Gasteiger charge is 2.47. The molecule has 0 saturated heterocycles. The molecule has 0 aromatic heterocycles. The van der Waals surface area contributed by atoms with E-state index >= 15 is 0 Å². The number of alkyl halides is 6. The van der Waals surface area contributed by atoms with Crippen molar-refractivity contribution in [1.29, 1.82) is 0 Å². The van der Waals surface area contributed by atoms with Crippen LogP contribution in [0.5, 0.6) is 0 Å². The lowest BCUT2D eigenvalue weighted by Gasteiger charge is -2.16. The highest BCUT2D eigenvalue weighted by molar-refractivity contribution is 7.92. The lowest BCUT2D eigenvalue weighted by molar-refractivity contribution is -0.118. The van der Waals surface area contributed by atoms with Gasteiger partial charge in [-0.15, -0.1) is 0 Å². The summed E-state index contributed by atoms with van der Waals surface area (Å²) in [5.74, 6) is -3.07. The van der Waals surface area contributed by atoms with Crippen LogP contribution >= 0.6 is 0 Å². The van der Waals surface area contributed by atoms with Crippen LogP contribution < -0.4 is 11.1 Å². The second kappa shape index (κ2) is 10.9. The molecule has 0 heterocycles. The lowest BCUT2D eigenvalue weighted by Crippen LogP contribution is -2.25. The van der Waals surface area contributed by atoms with E-state index < -0.39 is 58.2 Å². The molecule has 0 saturated carbocycles. The first kappa shape index (κ1) is 30.6. The quantitative estimate of drug-likeness (QED) is 0.370. The van der Waals surface area contributed by atoms with Gasteiger partial charge >= 0.3 is 11.0 Å². The summed E-state index contributed by atoms with van der Waals surface area (Å²) in [5, 5.41) is 2.27. The third-order valence-electron chi connectivity index (χ3n) is 5.50. The van der Waals surface area contributed by atoms with Gasteiger partial charge in [0.05, 0.1) is 22.1 Å². The van der Waals surface area contributed by atoms with Crippen molar-refractivity contribution in [2.45, 2.75) is 33.1 Å². The molecule has 0 bridgehead atoms. The molecule has 0 spiro atoms. The summed E-state index contributed by atoms with van der Waals surface area (Å²) in [6, 6.07) is 12.6. The molecule has 0 aliphatic carbocycles. The molecular formula is C24H18F6N2O6S2. The van der Waals surface area contributed by atoms with Crippen LogP contribution in [0.25, 0.3) is 0 Å². The van der Waals surface area contributed by atoms with E-state index in [9.17, 15) is 52.8 Å². The molecule has 16 heteroatoms. The predicted molar refractivity (Wildman–Crippen MR) is 129 cm³/mol. The fraction of sp³-hybridized carbons (Fsp3) is 0.167. The van der Waals surface area contributed by atoms with Crippen molar-refractivity contribution in [3.63, 3.8) is 0 Å². The average Bonchev–Trinajstić information content (AvgIpc) is 2.84. The number of hydrogen-bond donors (Lipinski definition) is 2. The van der Waals surface area contributed by atoms with Crippen LogP contribution in [0.1, 0.15) is 22.6 Å². The van der Waals surface area contributed by atoms with Crippen molar-refractivity contribution in [2.24, 2.45) is 5.73 Å². The van der Waals surface area contributed by atoms with Crippen molar-refractivity contribution in [2.75, 3.05) is 5.32 Å². The molecule has 1 unspecified atom stereocenters. The number of benzene rings is 3. The number of carbonyl (C=O) groups is 2.